The predicted molar refractivity (Wildman–Crippen MR) is 195 cm³/mol. The first-order chi connectivity index (χ1) is 24.9. The van der Waals surface area contributed by atoms with Crippen molar-refractivity contribution in [2.75, 3.05) is 0 Å². The fourth-order valence-electron chi connectivity index (χ4n) is 4.76. The molecule has 0 aromatic carbocycles. The highest BCUT2D eigenvalue weighted by molar-refractivity contribution is 5.12. The van der Waals surface area contributed by atoms with Gasteiger partial charge in [-0.15, -0.1) is 0 Å². The van der Waals surface area contributed by atoms with Gasteiger partial charge in [0, 0.05) is 86.3 Å². The number of nitrogens with zero attached hydrogens (tertiary/aromatic N) is 14. The van der Waals surface area contributed by atoms with Crippen LogP contribution in [-0.2, 0) is 0 Å². The van der Waals surface area contributed by atoms with E-state index in [2.05, 4.69) is 62.9 Å². The average Bonchev–Trinajstić information content (AvgIpc) is 3.98. The van der Waals surface area contributed by atoms with Crippen molar-refractivity contribution in [1.29, 1.82) is 0 Å². The maximum absolute atomic E-state index is 4.17. The molecule has 0 N–H and O–H groups in total. The number of rotatable bonds is 8. The van der Waals surface area contributed by atoms with E-state index in [1.54, 1.807) is 59.3 Å². The maximum atomic E-state index is 4.17. The zero-order valence-electron chi connectivity index (χ0n) is 28.8. The van der Waals surface area contributed by atoms with E-state index in [1.165, 1.54) is 12.0 Å². The molecule has 51 heavy (non-hydrogen) atoms. The average molecular weight is 681 g/mol. The summed E-state index contributed by atoms with van der Waals surface area (Å²) in [4.78, 5) is 15.9. The highest BCUT2D eigenvalue weighted by atomic mass is 15.4. The molecule has 0 atom stereocenters. The lowest BCUT2D eigenvalue weighted by Crippen LogP contribution is -2.10. The molecular weight excluding hydrogens is 641 g/mol. The molecule has 8 heterocycles. The first kappa shape index (κ1) is 35.1. The van der Waals surface area contributed by atoms with E-state index in [1.807, 2.05) is 133 Å². The fourth-order valence-corrected chi connectivity index (χ4v) is 4.76. The minimum Gasteiger partial charge on any atom is -0.310 e. The van der Waals surface area contributed by atoms with Crippen LogP contribution in [0.25, 0.3) is 0 Å². The number of hydrogen-bond donors (Lipinski definition) is 0. The Bertz CT molecular complexity index is 1980. The Morgan fingerprint density at radius 3 is 1.75 bits per heavy atom. The standard InChI is InChI=1S/C11H13N3.C10H11N3.C9H9N3.C7H7N5/c1-9-5-4-7-13(9)11(3)14-8-6-12-10(14)2;1-2-10(12-6-3-4-7-12)13-8-5-11-9-13;1-9(11-5-2-3-6-11)12-7-4-10-8-12;1-7(11-4-2-3-9-11)12-6-8-5-10-12/h4-8H,3H2,1-2H3;2-9H,1H3;2-8H,1H2;2-6H,1H2/b;10-2+;;. The zero-order valence-corrected chi connectivity index (χ0v) is 28.8. The highest BCUT2D eigenvalue weighted by Crippen LogP contribution is 2.09. The highest BCUT2D eigenvalue weighted by Gasteiger charge is 2.05. The number of imidazole rings is 3. The van der Waals surface area contributed by atoms with Gasteiger partial charge in [0.15, 0.2) is 0 Å². The van der Waals surface area contributed by atoms with E-state index < -0.39 is 0 Å². The van der Waals surface area contributed by atoms with Crippen molar-refractivity contribution >= 4 is 0 Å². The molecule has 14 heteroatoms. The third kappa shape index (κ3) is 9.03. The normalized spacial score (nSPS) is 10.6. The van der Waals surface area contributed by atoms with Crippen molar-refractivity contribution in [2.24, 2.45) is 0 Å². The molecule has 0 saturated heterocycles. The van der Waals surface area contributed by atoms with Crippen LogP contribution in [0.15, 0.2) is 174 Å². The lowest BCUT2D eigenvalue weighted by Gasteiger charge is -2.11. The van der Waals surface area contributed by atoms with Gasteiger partial charge in [0.2, 0.25) is 0 Å². The third-order valence-corrected chi connectivity index (χ3v) is 7.39. The van der Waals surface area contributed by atoms with Crippen LogP contribution >= 0.6 is 0 Å². The first-order valence-corrected chi connectivity index (χ1v) is 15.8. The molecule has 0 amide bonds. The topological polar surface area (TPSA) is 117 Å². The lowest BCUT2D eigenvalue weighted by molar-refractivity contribution is 0.630. The van der Waals surface area contributed by atoms with E-state index in [0.29, 0.717) is 5.82 Å². The van der Waals surface area contributed by atoms with Crippen LogP contribution in [-0.4, -0.2) is 66.9 Å². The Morgan fingerprint density at radius 2 is 1.24 bits per heavy atom. The van der Waals surface area contributed by atoms with Gasteiger partial charge in [-0.05, 0) is 69.3 Å². The van der Waals surface area contributed by atoms with Gasteiger partial charge in [0.1, 0.15) is 54.4 Å². The summed E-state index contributed by atoms with van der Waals surface area (Å²) in [6, 6.07) is 13.8. The van der Waals surface area contributed by atoms with Gasteiger partial charge in [-0.2, -0.15) is 10.2 Å². The van der Waals surface area contributed by atoms with Crippen molar-refractivity contribution in [2.45, 2.75) is 20.8 Å². The number of hydrogen-bond acceptors (Lipinski definition) is 6. The molecule has 0 fully saturated rings. The lowest BCUT2D eigenvalue weighted by atomic mass is 10.5. The van der Waals surface area contributed by atoms with Crippen LogP contribution in [0.1, 0.15) is 18.4 Å². The fraction of sp³-hybridized carbons (Fsp3) is 0.0811. The Labute approximate surface area is 296 Å². The number of aryl methyl sites for hydroxylation is 2. The third-order valence-electron chi connectivity index (χ3n) is 7.39. The molecule has 8 aromatic heterocycles. The molecule has 0 radical (unpaired) electrons. The van der Waals surface area contributed by atoms with E-state index >= 15 is 0 Å². The molecule has 0 spiro atoms. The van der Waals surface area contributed by atoms with Crippen molar-refractivity contribution in [3.8, 4) is 0 Å². The van der Waals surface area contributed by atoms with Gasteiger partial charge >= 0.3 is 0 Å². The maximum Gasteiger partial charge on any atom is 0.149 e. The van der Waals surface area contributed by atoms with Crippen molar-refractivity contribution in [3.05, 3.63) is 209 Å². The van der Waals surface area contributed by atoms with E-state index in [4.69, 9.17) is 0 Å². The van der Waals surface area contributed by atoms with E-state index in [-0.39, 0.29) is 0 Å². The van der Waals surface area contributed by atoms with Crippen LogP contribution in [0.5, 0.6) is 0 Å². The molecule has 0 aliphatic rings. The number of aromatic nitrogens is 14. The van der Waals surface area contributed by atoms with Crippen LogP contribution < -0.4 is 0 Å². The molecule has 0 bridgehead atoms. The largest absolute Gasteiger partial charge is 0.310 e. The van der Waals surface area contributed by atoms with Gasteiger partial charge in [0.05, 0.1) is 0 Å². The molecule has 0 unspecified atom stereocenters. The molecule has 0 aliphatic heterocycles. The van der Waals surface area contributed by atoms with Crippen molar-refractivity contribution in [3.63, 3.8) is 0 Å². The van der Waals surface area contributed by atoms with Gasteiger partial charge in [-0.25, -0.2) is 29.3 Å². The van der Waals surface area contributed by atoms with Crippen LogP contribution in [0.4, 0.5) is 0 Å². The zero-order chi connectivity index (χ0) is 36.0. The predicted octanol–water partition coefficient (Wildman–Crippen LogP) is 5.71. The van der Waals surface area contributed by atoms with Gasteiger partial charge in [-0.3, -0.25) is 13.7 Å². The van der Waals surface area contributed by atoms with Gasteiger partial charge < -0.3 is 13.7 Å². The molecule has 0 saturated carbocycles. The van der Waals surface area contributed by atoms with E-state index in [0.717, 1.165) is 23.3 Å². The monoisotopic (exact) mass is 680 g/mol. The SMILES string of the molecule is C/C=C(\n1cccc1)n1ccnc1.C=C(n1cccc1)n1ccnc1.C=C(n1cccc1C)n1ccnc1C.C=C(n1cccn1)n1cncn1. The molecule has 8 aromatic rings. The summed E-state index contributed by atoms with van der Waals surface area (Å²) in [5.74, 6) is 4.46. The van der Waals surface area contributed by atoms with Crippen molar-refractivity contribution < 1.29 is 0 Å². The Balaban J connectivity index is 0.000000132. The summed E-state index contributed by atoms with van der Waals surface area (Å²) < 4.78 is 15.0. The summed E-state index contributed by atoms with van der Waals surface area (Å²) >= 11 is 0. The van der Waals surface area contributed by atoms with Crippen LogP contribution in [0.3, 0.4) is 0 Å². The second-order valence-electron chi connectivity index (χ2n) is 10.7. The molecule has 8 rings (SSSR count). The minimum absolute atomic E-state index is 0.650. The summed E-state index contributed by atoms with van der Waals surface area (Å²) in [5.41, 5.74) is 1.17. The molecule has 258 valence electrons. The second-order valence-corrected chi connectivity index (χ2v) is 10.7. The Kier molecular flexibility index (Phi) is 11.9. The van der Waals surface area contributed by atoms with Gasteiger partial charge in [-0.1, -0.05) is 19.7 Å². The number of allylic oxidation sites excluding steroid dienone is 1. The van der Waals surface area contributed by atoms with Gasteiger partial charge in [0.25, 0.3) is 0 Å². The van der Waals surface area contributed by atoms with Crippen LogP contribution in [0.2, 0.25) is 0 Å². The van der Waals surface area contributed by atoms with Crippen molar-refractivity contribution in [1.82, 2.24) is 66.9 Å². The summed E-state index contributed by atoms with van der Waals surface area (Å²) in [6.07, 6.45) is 33.0. The summed E-state index contributed by atoms with van der Waals surface area (Å²) in [6.45, 7) is 17.8. The summed E-state index contributed by atoms with van der Waals surface area (Å²) in [7, 11) is 0. The molecule has 0 aliphatic carbocycles. The molecule has 14 nitrogen and oxygen atoms in total. The summed E-state index contributed by atoms with van der Waals surface area (Å²) in [5, 5.41) is 7.92. The smallest absolute Gasteiger partial charge is 0.149 e. The van der Waals surface area contributed by atoms with E-state index in [9.17, 15) is 0 Å². The second kappa shape index (κ2) is 17.3. The van der Waals surface area contributed by atoms with Crippen LogP contribution in [0, 0.1) is 37.1 Å². The first-order valence-electron chi connectivity index (χ1n) is 15.8. The Morgan fingerprint density at radius 1 is 0.549 bits per heavy atom. The molecular formula is C37H40N14. The Hall–Kier alpha value is -7.22. The minimum atomic E-state index is 0.650. The quantitative estimate of drug-likeness (QED) is 0.203.